The van der Waals surface area contributed by atoms with Crippen molar-refractivity contribution < 1.29 is 0 Å². The minimum atomic E-state index is 0.00146. The molecule has 1 nitrogen and oxygen atoms in total. The minimum absolute atomic E-state index is 0.00146. The van der Waals surface area contributed by atoms with Crippen molar-refractivity contribution in [2.24, 2.45) is 5.92 Å². The number of aromatic amines is 1. The van der Waals surface area contributed by atoms with Crippen LogP contribution in [0.1, 0.15) is 96.2 Å². The zero-order chi connectivity index (χ0) is 41.1. The highest BCUT2D eigenvalue weighted by Gasteiger charge is 2.45. The number of aromatic nitrogens is 1. The van der Waals surface area contributed by atoms with Crippen molar-refractivity contribution in [3.63, 3.8) is 0 Å². The highest BCUT2D eigenvalue weighted by atomic mass is 14.6. The zero-order valence-corrected chi connectivity index (χ0v) is 35.5. The Hall–Kier alpha value is -6.44. The van der Waals surface area contributed by atoms with Crippen LogP contribution in [0, 0.1) is 12.8 Å². The fraction of sp³-hybridized carbons (Fsp3) is 0.200. The van der Waals surface area contributed by atoms with Crippen LogP contribution >= 0.6 is 0 Å². The monoisotopic (exact) mass is 787 g/mol. The van der Waals surface area contributed by atoms with E-state index in [1.54, 1.807) is 5.57 Å². The summed E-state index contributed by atoms with van der Waals surface area (Å²) in [5, 5.41) is 1.22. The predicted molar refractivity (Wildman–Crippen MR) is 257 cm³/mol. The summed E-state index contributed by atoms with van der Waals surface area (Å²) in [6.45, 7) is 7.18. The van der Waals surface area contributed by atoms with Crippen LogP contribution in [0.25, 0.3) is 38.7 Å². The topological polar surface area (TPSA) is 15.8 Å². The number of H-pyrrole nitrogens is 1. The molecule has 0 fully saturated rings. The maximum absolute atomic E-state index is 3.56. The first-order valence-corrected chi connectivity index (χ1v) is 22.4. The molecule has 5 aliphatic rings. The van der Waals surface area contributed by atoms with Gasteiger partial charge in [-0.05, 0) is 152 Å². The molecule has 0 aliphatic heterocycles. The van der Waals surface area contributed by atoms with Gasteiger partial charge in [0.05, 0.1) is 0 Å². The predicted octanol–water partition coefficient (Wildman–Crippen LogP) is 15.7. The van der Waals surface area contributed by atoms with E-state index < -0.39 is 0 Å². The summed E-state index contributed by atoms with van der Waals surface area (Å²) < 4.78 is 0. The molecule has 61 heavy (non-hydrogen) atoms. The Morgan fingerprint density at radius 3 is 2.20 bits per heavy atom. The number of allylic oxidation sites excluding steroid dienone is 12. The molecule has 0 spiro atoms. The summed E-state index contributed by atoms with van der Waals surface area (Å²) in [4.78, 5) is 3.56. The van der Waals surface area contributed by atoms with E-state index in [-0.39, 0.29) is 5.41 Å². The Morgan fingerprint density at radius 1 is 0.607 bits per heavy atom. The third kappa shape index (κ3) is 6.63. The first-order chi connectivity index (χ1) is 29.9. The van der Waals surface area contributed by atoms with Crippen LogP contribution in [-0.2, 0) is 5.41 Å². The van der Waals surface area contributed by atoms with Crippen molar-refractivity contribution in [3.05, 3.63) is 244 Å². The molecule has 0 bridgehead atoms. The SMILES string of the molecule is Cc1c(C2=CCCC=C2)cc(-c2ccccc2)cc1-c1ccc(C2CC3=CC=C(C4=CC5C(C=C4)c4ccc6ccccc6[nH]ccc4C5(C)C)CC3c3ccccc32)cc1. The van der Waals surface area contributed by atoms with Crippen LogP contribution in [0.3, 0.4) is 0 Å². The van der Waals surface area contributed by atoms with Crippen molar-refractivity contribution >= 4 is 16.5 Å². The molecule has 1 aromatic heterocycles. The molecule has 5 aromatic carbocycles. The first kappa shape index (κ1) is 37.6. The summed E-state index contributed by atoms with van der Waals surface area (Å²) in [7, 11) is 0. The molecule has 298 valence electrons. The molecule has 11 rings (SSSR count). The van der Waals surface area contributed by atoms with Gasteiger partial charge in [-0.15, -0.1) is 0 Å². The van der Waals surface area contributed by atoms with Crippen LogP contribution in [0.4, 0.5) is 0 Å². The van der Waals surface area contributed by atoms with Crippen LogP contribution in [0.15, 0.2) is 205 Å². The lowest BCUT2D eigenvalue weighted by Gasteiger charge is -2.37. The van der Waals surface area contributed by atoms with Gasteiger partial charge in [0.25, 0.3) is 0 Å². The van der Waals surface area contributed by atoms with Crippen molar-refractivity contribution in [2.45, 2.75) is 69.6 Å². The van der Waals surface area contributed by atoms with E-state index in [1.165, 1.54) is 83.3 Å². The van der Waals surface area contributed by atoms with Crippen molar-refractivity contribution in [1.29, 1.82) is 0 Å². The fourth-order valence-corrected chi connectivity index (χ4v) is 11.3. The van der Waals surface area contributed by atoms with E-state index in [4.69, 9.17) is 0 Å². The molecule has 0 saturated carbocycles. The lowest BCUT2D eigenvalue weighted by atomic mass is 9.66. The van der Waals surface area contributed by atoms with Gasteiger partial charge in [-0.2, -0.15) is 0 Å². The standard InChI is InChI=1S/C60H53N/c1-39-53(41-16-8-5-9-17-41)36-48(40-14-6-4-7-15-40)37-54(39)42-22-24-43(25-23-42)55-35-47-27-26-45(34-56(47)50-20-12-11-19-49(50)55)46-29-31-52-51-30-28-44-18-10-13-21-59(44)61-33-32-57(51)60(2,3)58(52)38-46/h4,6-8,10-33,36-38,52,55-56,58,61H,5,9,34-35H2,1-3H3. The van der Waals surface area contributed by atoms with Crippen molar-refractivity contribution in [1.82, 2.24) is 4.98 Å². The number of nitrogens with one attached hydrogen (secondary N) is 1. The Morgan fingerprint density at radius 2 is 1.38 bits per heavy atom. The molecule has 4 atom stereocenters. The normalized spacial score (nSPS) is 21.8. The van der Waals surface area contributed by atoms with Gasteiger partial charge >= 0.3 is 0 Å². The van der Waals surface area contributed by atoms with E-state index in [1.807, 2.05) is 0 Å². The zero-order valence-electron chi connectivity index (χ0n) is 35.5. The molecular formula is C60H53N. The largest absolute Gasteiger partial charge is 0.361 e. The lowest BCUT2D eigenvalue weighted by Crippen LogP contribution is -2.26. The fourth-order valence-electron chi connectivity index (χ4n) is 11.3. The molecule has 0 saturated heterocycles. The van der Waals surface area contributed by atoms with Gasteiger partial charge in [0, 0.05) is 29.5 Å². The summed E-state index contributed by atoms with van der Waals surface area (Å²) >= 11 is 0. The number of hydrogen-bond donors (Lipinski definition) is 1. The van der Waals surface area contributed by atoms with E-state index >= 15 is 0 Å². The highest BCUT2D eigenvalue weighted by molar-refractivity contribution is 5.86. The molecule has 4 unspecified atom stereocenters. The Bertz CT molecular complexity index is 2950. The molecule has 1 heterocycles. The second-order valence-corrected chi connectivity index (χ2v) is 18.4. The van der Waals surface area contributed by atoms with Crippen molar-refractivity contribution in [3.8, 4) is 22.3 Å². The molecule has 5 aliphatic carbocycles. The molecule has 0 amide bonds. The Kier molecular flexibility index (Phi) is 9.38. The minimum Gasteiger partial charge on any atom is -0.361 e. The number of hydrogen-bond acceptors (Lipinski definition) is 0. The van der Waals surface area contributed by atoms with Gasteiger partial charge in [0.15, 0.2) is 0 Å². The van der Waals surface area contributed by atoms with Crippen LogP contribution in [0.5, 0.6) is 0 Å². The van der Waals surface area contributed by atoms with Gasteiger partial charge in [-0.1, -0.05) is 177 Å². The smallest absolute Gasteiger partial charge is 0.0453 e. The van der Waals surface area contributed by atoms with Gasteiger partial charge in [0.1, 0.15) is 0 Å². The van der Waals surface area contributed by atoms with E-state index in [9.17, 15) is 0 Å². The van der Waals surface area contributed by atoms with Gasteiger partial charge in [-0.25, -0.2) is 0 Å². The maximum atomic E-state index is 3.56. The second kappa shape index (κ2) is 15.2. The molecule has 1 N–H and O–H groups in total. The third-order valence-electron chi connectivity index (χ3n) is 14.7. The van der Waals surface area contributed by atoms with Gasteiger partial charge in [-0.3, -0.25) is 0 Å². The van der Waals surface area contributed by atoms with E-state index in [2.05, 4.69) is 214 Å². The quantitative estimate of drug-likeness (QED) is 0.179. The molecular weight excluding hydrogens is 735 g/mol. The lowest BCUT2D eigenvalue weighted by molar-refractivity contribution is 0.392. The van der Waals surface area contributed by atoms with Gasteiger partial charge in [0.2, 0.25) is 0 Å². The summed E-state index contributed by atoms with van der Waals surface area (Å²) in [6, 6.07) is 50.1. The van der Waals surface area contributed by atoms with Crippen LogP contribution < -0.4 is 0 Å². The van der Waals surface area contributed by atoms with Crippen LogP contribution in [0.2, 0.25) is 0 Å². The average molecular weight is 788 g/mol. The summed E-state index contributed by atoms with van der Waals surface area (Å²) in [5.74, 6) is 1.50. The highest BCUT2D eigenvalue weighted by Crippen LogP contribution is 2.55. The van der Waals surface area contributed by atoms with E-state index in [0.717, 1.165) is 31.2 Å². The number of rotatable bonds is 5. The maximum Gasteiger partial charge on any atom is 0.0453 e. The third-order valence-corrected chi connectivity index (χ3v) is 14.7. The number of fused-ring (bicyclic) bond motifs is 7. The van der Waals surface area contributed by atoms with E-state index in [0.29, 0.717) is 23.7 Å². The number of para-hydroxylation sites is 1. The summed E-state index contributed by atoms with van der Waals surface area (Å²) in [5.41, 5.74) is 21.9. The Balaban J connectivity index is 0.899. The second-order valence-electron chi connectivity index (χ2n) is 18.4. The molecule has 6 aromatic rings. The summed E-state index contributed by atoms with van der Waals surface area (Å²) in [6.07, 6.45) is 26.0. The Labute approximate surface area is 361 Å². The first-order valence-electron chi connectivity index (χ1n) is 22.4. The molecule has 1 heteroatoms. The number of benzene rings is 5. The molecule has 0 radical (unpaired) electrons. The van der Waals surface area contributed by atoms with Gasteiger partial charge < -0.3 is 4.98 Å². The van der Waals surface area contributed by atoms with Crippen LogP contribution in [-0.4, -0.2) is 4.98 Å². The van der Waals surface area contributed by atoms with Crippen molar-refractivity contribution in [2.75, 3.05) is 0 Å². The average Bonchev–Trinajstić information content (AvgIpc) is 3.58.